The van der Waals surface area contributed by atoms with E-state index in [1.807, 2.05) is 0 Å². The van der Waals surface area contributed by atoms with Gasteiger partial charge in [0.15, 0.2) is 5.82 Å². The normalized spacial score (nSPS) is 10.7. The zero-order valence-corrected chi connectivity index (χ0v) is 13.7. The molecule has 0 atom stereocenters. The number of benzene rings is 2. The highest BCUT2D eigenvalue weighted by atomic mass is 19.1. The van der Waals surface area contributed by atoms with Crippen molar-refractivity contribution in [2.45, 2.75) is 13.0 Å². The lowest BCUT2D eigenvalue weighted by molar-refractivity contribution is 0.0598. The number of aromatic nitrogens is 2. The number of nitrogens with zero attached hydrogens (tertiary/aromatic N) is 2. The standard InChI is InChI=1S/C18H14F2N2O4/c1-25-17(23)15-9-14(20)7-4-12(15)10-22-16(21-26-18(22)24)8-11-2-5-13(19)6-3-11/h2-7,9H,8,10H2,1H3. The van der Waals surface area contributed by atoms with E-state index in [9.17, 15) is 18.4 Å². The van der Waals surface area contributed by atoms with Crippen LogP contribution in [-0.2, 0) is 17.7 Å². The van der Waals surface area contributed by atoms with Crippen molar-refractivity contribution >= 4 is 5.97 Å². The van der Waals surface area contributed by atoms with Gasteiger partial charge in [-0.25, -0.2) is 18.4 Å². The molecule has 0 bridgehead atoms. The minimum absolute atomic E-state index is 0.00771. The number of rotatable bonds is 5. The Labute approximate surface area is 146 Å². The molecule has 0 fully saturated rings. The van der Waals surface area contributed by atoms with E-state index in [4.69, 9.17) is 4.52 Å². The van der Waals surface area contributed by atoms with Gasteiger partial charge < -0.3 is 4.74 Å². The number of halogens is 2. The molecule has 0 unspecified atom stereocenters. The summed E-state index contributed by atoms with van der Waals surface area (Å²) in [5.74, 6) is -2.12. The van der Waals surface area contributed by atoms with E-state index in [0.29, 0.717) is 11.4 Å². The maximum atomic E-state index is 13.5. The van der Waals surface area contributed by atoms with E-state index in [1.165, 1.54) is 35.9 Å². The third-order valence-electron chi connectivity index (χ3n) is 3.84. The van der Waals surface area contributed by atoms with Gasteiger partial charge in [0.05, 0.1) is 19.2 Å². The van der Waals surface area contributed by atoms with Gasteiger partial charge in [-0.2, -0.15) is 0 Å². The lowest BCUT2D eigenvalue weighted by Crippen LogP contribution is -2.20. The number of hydrogen-bond acceptors (Lipinski definition) is 5. The van der Waals surface area contributed by atoms with Crippen molar-refractivity contribution in [3.05, 3.63) is 87.2 Å². The van der Waals surface area contributed by atoms with Crippen LogP contribution in [0.1, 0.15) is 27.3 Å². The summed E-state index contributed by atoms with van der Waals surface area (Å²) in [7, 11) is 1.18. The molecule has 0 amide bonds. The number of methoxy groups -OCH3 is 1. The molecule has 3 rings (SSSR count). The number of ether oxygens (including phenoxy) is 1. The highest BCUT2D eigenvalue weighted by Gasteiger charge is 2.17. The molecule has 0 N–H and O–H groups in total. The number of hydrogen-bond donors (Lipinski definition) is 0. The van der Waals surface area contributed by atoms with Crippen LogP contribution in [0.25, 0.3) is 0 Å². The Bertz CT molecular complexity index is 993. The molecule has 0 saturated carbocycles. The van der Waals surface area contributed by atoms with Crippen LogP contribution >= 0.6 is 0 Å². The second-order valence-electron chi connectivity index (χ2n) is 5.55. The van der Waals surface area contributed by atoms with E-state index in [-0.39, 0.29) is 24.3 Å². The van der Waals surface area contributed by atoms with Gasteiger partial charge in [0.2, 0.25) is 0 Å². The van der Waals surface area contributed by atoms with Gasteiger partial charge in [0.25, 0.3) is 0 Å². The molecular formula is C18H14F2N2O4. The molecule has 0 saturated heterocycles. The SMILES string of the molecule is COC(=O)c1cc(F)ccc1Cn1c(Cc2ccc(F)cc2)noc1=O. The molecule has 3 aromatic rings. The quantitative estimate of drug-likeness (QED) is 0.654. The Balaban J connectivity index is 1.94. The summed E-state index contributed by atoms with van der Waals surface area (Å²) in [5, 5.41) is 3.73. The first-order valence-corrected chi connectivity index (χ1v) is 7.64. The highest BCUT2D eigenvalue weighted by molar-refractivity contribution is 5.91. The predicted molar refractivity (Wildman–Crippen MR) is 86.8 cm³/mol. The average molecular weight is 360 g/mol. The zero-order valence-electron chi connectivity index (χ0n) is 13.7. The first-order chi connectivity index (χ1) is 12.5. The van der Waals surface area contributed by atoms with Crippen molar-refractivity contribution in [1.29, 1.82) is 0 Å². The fraction of sp³-hybridized carbons (Fsp3) is 0.167. The summed E-state index contributed by atoms with van der Waals surface area (Å²) in [6, 6.07) is 9.34. The van der Waals surface area contributed by atoms with Gasteiger partial charge in [0, 0.05) is 6.42 Å². The van der Waals surface area contributed by atoms with Crippen molar-refractivity contribution in [3.8, 4) is 0 Å². The molecule has 0 aliphatic rings. The molecule has 2 aromatic carbocycles. The molecule has 0 aliphatic heterocycles. The minimum atomic E-state index is -0.720. The summed E-state index contributed by atoms with van der Waals surface area (Å²) in [6.07, 6.45) is 0.223. The fourth-order valence-electron chi connectivity index (χ4n) is 2.52. The molecule has 0 radical (unpaired) electrons. The van der Waals surface area contributed by atoms with Gasteiger partial charge in [0.1, 0.15) is 11.6 Å². The molecule has 8 heteroatoms. The van der Waals surface area contributed by atoms with Crippen LogP contribution in [0.2, 0.25) is 0 Å². The van der Waals surface area contributed by atoms with Crippen molar-refractivity contribution < 1.29 is 22.8 Å². The average Bonchev–Trinajstić information content (AvgIpc) is 2.97. The van der Waals surface area contributed by atoms with Gasteiger partial charge in [-0.15, -0.1) is 0 Å². The topological polar surface area (TPSA) is 74.3 Å². The summed E-state index contributed by atoms with van der Waals surface area (Å²) in [4.78, 5) is 23.8. The third-order valence-corrected chi connectivity index (χ3v) is 3.84. The van der Waals surface area contributed by atoms with Gasteiger partial charge in [-0.05, 0) is 35.4 Å². The van der Waals surface area contributed by atoms with Gasteiger partial charge >= 0.3 is 11.7 Å². The fourth-order valence-corrected chi connectivity index (χ4v) is 2.52. The smallest absolute Gasteiger partial charge is 0.441 e. The number of carbonyl (C=O) groups excluding carboxylic acids is 1. The van der Waals surface area contributed by atoms with Gasteiger partial charge in [-0.1, -0.05) is 23.4 Å². The third kappa shape index (κ3) is 3.69. The van der Waals surface area contributed by atoms with E-state index in [0.717, 1.165) is 11.6 Å². The molecule has 0 aliphatic carbocycles. The minimum Gasteiger partial charge on any atom is -0.465 e. The lowest BCUT2D eigenvalue weighted by Gasteiger charge is -2.09. The summed E-state index contributed by atoms with van der Waals surface area (Å²) in [6.45, 7) is -0.0520. The van der Waals surface area contributed by atoms with Crippen LogP contribution in [0, 0.1) is 11.6 Å². The van der Waals surface area contributed by atoms with Crippen molar-refractivity contribution in [3.63, 3.8) is 0 Å². The highest BCUT2D eigenvalue weighted by Crippen LogP contribution is 2.15. The van der Waals surface area contributed by atoms with E-state index in [1.54, 1.807) is 12.1 Å². The van der Waals surface area contributed by atoms with Crippen LogP contribution in [0.5, 0.6) is 0 Å². The molecule has 6 nitrogen and oxygen atoms in total. The Kier molecular flexibility index (Phi) is 4.92. The van der Waals surface area contributed by atoms with E-state index >= 15 is 0 Å². The predicted octanol–water partition coefficient (Wildman–Crippen LogP) is 2.54. The molecule has 1 aromatic heterocycles. The lowest BCUT2D eigenvalue weighted by atomic mass is 10.1. The van der Waals surface area contributed by atoms with Crippen LogP contribution < -0.4 is 5.76 Å². The zero-order chi connectivity index (χ0) is 18.7. The maximum absolute atomic E-state index is 13.5. The largest absolute Gasteiger partial charge is 0.465 e. The summed E-state index contributed by atoms with van der Waals surface area (Å²) in [5.41, 5.74) is 1.11. The second kappa shape index (κ2) is 7.30. The van der Waals surface area contributed by atoms with Crippen LogP contribution in [0.15, 0.2) is 51.8 Å². The number of esters is 1. The Morgan fingerprint density at radius 2 is 1.85 bits per heavy atom. The molecule has 0 spiro atoms. The van der Waals surface area contributed by atoms with Crippen LogP contribution in [0.4, 0.5) is 8.78 Å². The molecular weight excluding hydrogens is 346 g/mol. The number of carbonyl (C=O) groups is 1. The summed E-state index contributed by atoms with van der Waals surface area (Å²) >= 11 is 0. The Hall–Kier alpha value is -3.29. The molecule has 1 heterocycles. The van der Waals surface area contributed by atoms with E-state index in [2.05, 4.69) is 9.89 Å². The Morgan fingerprint density at radius 3 is 2.54 bits per heavy atom. The first-order valence-electron chi connectivity index (χ1n) is 7.64. The maximum Gasteiger partial charge on any atom is 0.441 e. The Morgan fingerprint density at radius 1 is 1.15 bits per heavy atom. The van der Waals surface area contributed by atoms with E-state index < -0.39 is 17.5 Å². The van der Waals surface area contributed by atoms with Crippen molar-refractivity contribution in [2.24, 2.45) is 0 Å². The van der Waals surface area contributed by atoms with Crippen molar-refractivity contribution in [2.75, 3.05) is 7.11 Å². The van der Waals surface area contributed by atoms with Crippen molar-refractivity contribution in [1.82, 2.24) is 9.72 Å². The monoisotopic (exact) mass is 360 g/mol. The van der Waals surface area contributed by atoms with Gasteiger partial charge in [-0.3, -0.25) is 9.09 Å². The molecule has 26 heavy (non-hydrogen) atoms. The first kappa shape index (κ1) is 17.5. The molecule has 134 valence electrons. The second-order valence-corrected chi connectivity index (χ2v) is 5.55. The van der Waals surface area contributed by atoms with Crippen LogP contribution in [-0.4, -0.2) is 22.8 Å². The summed E-state index contributed by atoms with van der Waals surface area (Å²) < 4.78 is 37.1. The van der Waals surface area contributed by atoms with Crippen LogP contribution in [0.3, 0.4) is 0 Å².